The second-order valence-electron chi connectivity index (χ2n) is 6.37. The van der Waals surface area contributed by atoms with Crippen molar-refractivity contribution in [3.05, 3.63) is 35.4 Å². The van der Waals surface area contributed by atoms with E-state index in [-0.39, 0.29) is 6.04 Å². The Morgan fingerprint density at radius 2 is 1.85 bits per heavy atom. The van der Waals surface area contributed by atoms with Crippen LogP contribution in [0.2, 0.25) is 0 Å². The SMILES string of the molecule is CC1CCCN(C(C(N)=S)c2ccc(C(C)C)cc2)C1. The Labute approximate surface area is 128 Å². The third-order valence-corrected chi connectivity index (χ3v) is 4.47. The summed E-state index contributed by atoms with van der Waals surface area (Å²) in [6.45, 7) is 8.93. The Hall–Kier alpha value is -0.930. The van der Waals surface area contributed by atoms with Gasteiger partial charge in [-0.2, -0.15) is 0 Å². The van der Waals surface area contributed by atoms with Crippen LogP contribution in [0.5, 0.6) is 0 Å². The lowest BCUT2D eigenvalue weighted by Gasteiger charge is -2.37. The minimum Gasteiger partial charge on any atom is -0.392 e. The van der Waals surface area contributed by atoms with Crippen molar-refractivity contribution in [1.29, 1.82) is 0 Å². The minimum atomic E-state index is 0.0916. The molecule has 1 aromatic carbocycles. The second kappa shape index (κ2) is 6.68. The van der Waals surface area contributed by atoms with Gasteiger partial charge in [0.05, 0.1) is 11.0 Å². The van der Waals surface area contributed by atoms with Crippen LogP contribution in [0.4, 0.5) is 0 Å². The van der Waals surface area contributed by atoms with Crippen LogP contribution in [0.1, 0.15) is 56.7 Å². The average Bonchev–Trinajstić information content (AvgIpc) is 2.39. The monoisotopic (exact) mass is 290 g/mol. The molecule has 1 aromatic rings. The second-order valence-corrected chi connectivity index (χ2v) is 6.84. The van der Waals surface area contributed by atoms with Crippen LogP contribution in [0.3, 0.4) is 0 Å². The topological polar surface area (TPSA) is 29.3 Å². The molecule has 0 aromatic heterocycles. The number of thiocarbonyl (C=S) groups is 1. The van der Waals surface area contributed by atoms with Crippen molar-refractivity contribution >= 4 is 17.2 Å². The van der Waals surface area contributed by atoms with Crippen LogP contribution < -0.4 is 5.73 Å². The highest BCUT2D eigenvalue weighted by atomic mass is 32.1. The van der Waals surface area contributed by atoms with E-state index in [2.05, 4.69) is 49.9 Å². The molecule has 1 aliphatic heterocycles. The molecule has 1 aliphatic rings. The zero-order valence-corrected chi connectivity index (χ0v) is 13.6. The Balaban J connectivity index is 2.21. The molecular formula is C17H26N2S. The number of hydrogen-bond donors (Lipinski definition) is 1. The zero-order valence-electron chi connectivity index (χ0n) is 12.8. The fraction of sp³-hybridized carbons (Fsp3) is 0.588. The lowest BCUT2D eigenvalue weighted by atomic mass is 9.94. The van der Waals surface area contributed by atoms with Gasteiger partial charge in [0.15, 0.2) is 0 Å². The van der Waals surface area contributed by atoms with Gasteiger partial charge in [-0.25, -0.2) is 0 Å². The van der Waals surface area contributed by atoms with Crippen molar-refractivity contribution in [3.8, 4) is 0 Å². The van der Waals surface area contributed by atoms with Crippen molar-refractivity contribution in [2.45, 2.75) is 45.6 Å². The quantitative estimate of drug-likeness (QED) is 0.854. The molecule has 0 bridgehead atoms. The molecule has 3 heteroatoms. The fourth-order valence-electron chi connectivity index (χ4n) is 3.08. The summed E-state index contributed by atoms with van der Waals surface area (Å²) in [7, 11) is 0. The van der Waals surface area contributed by atoms with Crippen molar-refractivity contribution in [1.82, 2.24) is 4.90 Å². The lowest BCUT2D eigenvalue weighted by Crippen LogP contribution is -2.42. The van der Waals surface area contributed by atoms with Gasteiger partial charge in [0.1, 0.15) is 0 Å². The molecule has 0 amide bonds. The number of likely N-dealkylation sites (tertiary alicyclic amines) is 1. The molecule has 2 atom stereocenters. The van der Waals surface area contributed by atoms with Crippen molar-refractivity contribution in [2.75, 3.05) is 13.1 Å². The summed E-state index contributed by atoms with van der Waals surface area (Å²) in [5, 5.41) is 0. The summed E-state index contributed by atoms with van der Waals surface area (Å²) in [6, 6.07) is 8.89. The molecule has 0 spiro atoms. The van der Waals surface area contributed by atoms with Gasteiger partial charge in [-0.3, -0.25) is 4.90 Å². The zero-order chi connectivity index (χ0) is 14.7. The Morgan fingerprint density at radius 1 is 1.25 bits per heavy atom. The molecule has 20 heavy (non-hydrogen) atoms. The van der Waals surface area contributed by atoms with Crippen LogP contribution >= 0.6 is 12.2 Å². The molecule has 2 unspecified atom stereocenters. The number of benzene rings is 1. The highest BCUT2D eigenvalue weighted by molar-refractivity contribution is 7.80. The molecular weight excluding hydrogens is 264 g/mol. The summed E-state index contributed by atoms with van der Waals surface area (Å²) in [5.41, 5.74) is 8.63. The molecule has 1 fully saturated rings. The van der Waals surface area contributed by atoms with Gasteiger partial charge in [0.25, 0.3) is 0 Å². The van der Waals surface area contributed by atoms with E-state index >= 15 is 0 Å². The van der Waals surface area contributed by atoms with E-state index in [4.69, 9.17) is 18.0 Å². The smallest absolute Gasteiger partial charge is 0.0948 e. The Bertz CT molecular complexity index is 453. The third-order valence-electron chi connectivity index (χ3n) is 4.24. The predicted octanol–water partition coefficient (Wildman–Crippen LogP) is 3.87. The molecule has 2 nitrogen and oxygen atoms in total. The van der Waals surface area contributed by atoms with Crippen LogP contribution in [0.15, 0.2) is 24.3 Å². The standard InChI is InChI=1S/C17H26N2S/c1-12(2)14-6-8-15(9-7-14)16(17(18)20)19-10-4-5-13(3)11-19/h6-9,12-13,16H,4-5,10-11H2,1-3H3,(H2,18,20). The van der Waals surface area contributed by atoms with Gasteiger partial charge in [-0.15, -0.1) is 0 Å². The summed E-state index contributed by atoms with van der Waals surface area (Å²) in [5.74, 6) is 1.29. The molecule has 0 aliphatic carbocycles. The van der Waals surface area contributed by atoms with Gasteiger partial charge in [0, 0.05) is 6.54 Å². The van der Waals surface area contributed by atoms with E-state index in [0.29, 0.717) is 10.9 Å². The molecule has 2 rings (SSSR count). The minimum absolute atomic E-state index is 0.0916. The fourth-order valence-corrected chi connectivity index (χ4v) is 3.36. The number of hydrogen-bond acceptors (Lipinski definition) is 2. The Morgan fingerprint density at radius 3 is 2.35 bits per heavy atom. The van der Waals surface area contributed by atoms with Crippen LogP contribution in [-0.4, -0.2) is 23.0 Å². The summed E-state index contributed by atoms with van der Waals surface area (Å²) in [6.07, 6.45) is 2.55. The van der Waals surface area contributed by atoms with Crippen LogP contribution in [0, 0.1) is 5.92 Å². The van der Waals surface area contributed by atoms with Gasteiger partial charge in [-0.05, 0) is 42.3 Å². The number of rotatable bonds is 4. The van der Waals surface area contributed by atoms with Crippen molar-refractivity contribution in [2.24, 2.45) is 11.7 Å². The first-order chi connectivity index (χ1) is 9.49. The van der Waals surface area contributed by atoms with E-state index in [9.17, 15) is 0 Å². The average molecular weight is 290 g/mol. The summed E-state index contributed by atoms with van der Waals surface area (Å²) >= 11 is 5.34. The largest absolute Gasteiger partial charge is 0.392 e. The van der Waals surface area contributed by atoms with Crippen LogP contribution in [0.25, 0.3) is 0 Å². The first kappa shape index (κ1) is 15.5. The maximum absolute atomic E-state index is 6.03. The molecule has 2 N–H and O–H groups in total. The lowest BCUT2D eigenvalue weighted by molar-refractivity contribution is 0.162. The van der Waals surface area contributed by atoms with E-state index in [0.717, 1.165) is 19.0 Å². The molecule has 1 saturated heterocycles. The van der Waals surface area contributed by atoms with Gasteiger partial charge in [0.2, 0.25) is 0 Å². The highest BCUT2D eigenvalue weighted by Crippen LogP contribution is 2.28. The number of nitrogens with zero attached hydrogens (tertiary/aromatic N) is 1. The summed E-state index contributed by atoms with van der Waals surface area (Å²) in [4.78, 5) is 3.04. The molecule has 0 radical (unpaired) electrons. The number of nitrogens with two attached hydrogens (primary N) is 1. The molecule has 0 saturated carbocycles. The summed E-state index contributed by atoms with van der Waals surface area (Å²) < 4.78 is 0. The van der Waals surface area contributed by atoms with E-state index in [1.807, 2.05) is 0 Å². The normalized spacial score (nSPS) is 21.9. The van der Waals surface area contributed by atoms with Crippen molar-refractivity contribution < 1.29 is 0 Å². The van der Waals surface area contributed by atoms with Gasteiger partial charge in [-0.1, -0.05) is 57.3 Å². The van der Waals surface area contributed by atoms with E-state index in [1.54, 1.807) is 0 Å². The third kappa shape index (κ3) is 3.58. The van der Waals surface area contributed by atoms with Crippen LogP contribution in [-0.2, 0) is 0 Å². The van der Waals surface area contributed by atoms with Crippen molar-refractivity contribution in [3.63, 3.8) is 0 Å². The van der Waals surface area contributed by atoms with Gasteiger partial charge >= 0.3 is 0 Å². The first-order valence-electron chi connectivity index (χ1n) is 7.62. The first-order valence-corrected chi connectivity index (χ1v) is 8.03. The maximum atomic E-state index is 6.03. The maximum Gasteiger partial charge on any atom is 0.0948 e. The number of piperidine rings is 1. The molecule has 1 heterocycles. The van der Waals surface area contributed by atoms with E-state index in [1.165, 1.54) is 24.0 Å². The van der Waals surface area contributed by atoms with E-state index < -0.39 is 0 Å². The molecule has 110 valence electrons. The van der Waals surface area contributed by atoms with Gasteiger partial charge < -0.3 is 5.73 Å². The Kier molecular flexibility index (Phi) is 5.17. The predicted molar refractivity (Wildman–Crippen MR) is 90.0 cm³/mol. The highest BCUT2D eigenvalue weighted by Gasteiger charge is 2.27.